The molecule has 0 unspecified atom stereocenters. The Morgan fingerprint density at radius 3 is 2.72 bits per heavy atom. The molecule has 0 spiro atoms. The summed E-state index contributed by atoms with van der Waals surface area (Å²) >= 11 is 1.56. The van der Waals surface area contributed by atoms with Crippen molar-refractivity contribution in [1.82, 2.24) is 5.32 Å². The van der Waals surface area contributed by atoms with E-state index in [0.717, 1.165) is 17.7 Å². The molecule has 1 saturated carbocycles. The van der Waals surface area contributed by atoms with Crippen LogP contribution in [0.2, 0.25) is 0 Å². The van der Waals surface area contributed by atoms with Gasteiger partial charge in [-0.25, -0.2) is 4.79 Å². The van der Waals surface area contributed by atoms with Crippen molar-refractivity contribution < 1.29 is 19.1 Å². The third kappa shape index (κ3) is 5.14. The standard InChI is InChI=1S/C19H27NO4S/c1-12-6-5-7-16(13(12)2)20-18(21)11-24-19(22)15-9-8-14(25-4)10-17(15)23-3/h8-10,12-13,16H,5-7,11H2,1-4H3,(H,20,21)/t12-,13+,16+/m0/s1. The van der Waals surface area contributed by atoms with Crippen molar-refractivity contribution in [2.45, 2.75) is 44.0 Å². The molecule has 6 heteroatoms. The van der Waals surface area contributed by atoms with Gasteiger partial charge in [-0.05, 0) is 42.7 Å². The first-order valence-electron chi connectivity index (χ1n) is 8.64. The van der Waals surface area contributed by atoms with Crippen molar-refractivity contribution in [2.24, 2.45) is 11.8 Å². The van der Waals surface area contributed by atoms with Crippen LogP contribution in [0.15, 0.2) is 23.1 Å². The first-order chi connectivity index (χ1) is 12.0. The molecule has 1 aromatic rings. The molecule has 0 heterocycles. The Morgan fingerprint density at radius 1 is 1.28 bits per heavy atom. The van der Waals surface area contributed by atoms with E-state index in [2.05, 4.69) is 19.2 Å². The Morgan fingerprint density at radius 2 is 2.04 bits per heavy atom. The molecule has 1 fully saturated rings. The lowest BCUT2D eigenvalue weighted by molar-refractivity contribution is -0.125. The maximum atomic E-state index is 12.2. The average molecular weight is 365 g/mol. The topological polar surface area (TPSA) is 64.6 Å². The third-order valence-corrected chi connectivity index (χ3v) is 5.74. The predicted octanol–water partition coefficient (Wildman–Crippen LogP) is 3.51. The van der Waals surface area contributed by atoms with Gasteiger partial charge in [0.25, 0.3) is 5.91 Å². The van der Waals surface area contributed by atoms with Crippen molar-refractivity contribution in [1.29, 1.82) is 0 Å². The molecule has 1 amide bonds. The molecule has 0 bridgehead atoms. The highest BCUT2D eigenvalue weighted by molar-refractivity contribution is 7.98. The molecule has 0 radical (unpaired) electrons. The van der Waals surface area contributed by atoms with Crippen LogP contribution in [0.4, 0.5) is 0 Å². The van der Waals surface area contributed by atoms with E-state index in [0.29, 0.717) is 23.1 Å². The van der Waals surface area contributed by atoms with E-state index in [1.165, 1.54) is 13.5 Å². The highest BCUT2D eigenvalue weighted by Gasteiger charge is 2.28. The van der Waals surface area contributed by atoms with Crippen LogP contribution in [0.5, 0.6) is 5.75 Å². The summed E-state index contributed by atoms with van der Waals surface area (Å²) in [6.45, 7) is 4.11. The maximum absolute atomic E-state index is 12.2. The van der Waals surface area contributed by atoms with Crippen LogP contribution >= 0.6 is 11.8 Å². The van der Waals surface area contributed by atoms with Gasteiger partial charge in [-0.1, -0.05) is 26.7 Å². The van der Waals surface area contributed by atoms with E-state index in [-0.39, 0.29) is 18.6 Å². The zero-order valence-corrected chi connectivity index (χ0v) is 16.2. The zero-order chi connectivity index (χ0) is 18.4. The third-order valence-electron chi connectivity index (χ3n) is 5.02. The van der Waals surface area contributed by atoms with Crippen molar-refractivity contribution in [2.75, 3.05) is 20.0 Å². The van der Waals surface area contributed by atoms with Crippen molar-refractivity contribution in [3.05, 3.63) is 23.8 Å². The van der Waals surface area contributed by atoms with Gasteiger partial charge in [-0.3, -0.25) is 4.79 Å². The van der Waals surface area contributed by atoms with Gasteiger partial charge in [-0.2, -0.15) is 0 Å². The summed E-state index contributed by atoms with van der Waals surface area (Å²) in [6, 6.07) is 5.43. The molecule has 1 aliphatic carbocycles. The molecular weight excluding hydrogens is 338 g/mol. The molecule has 0 saturated heterocycles. The van der Waals surface area contributed by atoms with Crippen LogP contribution in [0.3, 0.4) is 0 Å². The average Bonchev–Trinajstić information content (AvgIpc) is 2.62. The monoisotopic (exact) mass is 365 g/mol. The number of hydrogen-bond acceptors (Lipinski definition) is 5. The van der Waals surface area contributed by atoms with E-state index in [9.17, 15) is 9.59 Å². The number of rotatable bonds is 6. The number of carbonyl (C=O) groups excluding carboxylic acids is 2. The molecule has 1 aromatic carbocycles. The minimum atomic E-state index is -0.551. The van der Waals surface area contributed by atoms with Crippen molar-refractivity contribution in [3.8, 4) is 5.75 Å². The van der Waals surface area contributed by atoms with Gasteiger partial charge in [0.15, 0.2) is 6.61 Å². The molecule has 2 rings (SSSR count). The van der Waals surface area contributed by atoms with E-state index in [4.69, 9.17) is 9.47 Å². The minimum absolute atomic E-state index is 0.158. The molecular formula is C19H27NO4S. The van der Waals surface area contributed by atoms with Gasteiger partial charge < -0.3 is 14.8 Å². The second-order valence-electron chi connectivity index (χ2n) is 6.58. The largest absolute Gasteiger partial charge is 0.496 e. The molecule has 0 aliphatic heterocycles. The van der Waals surface area contributed by atoms with Crippen LogP contribution in [-0.4, -0.2) is 37.9 Å². The van der Waals surface area contributed by atoms with Crippen molar-refractivity contribution in [3.63, 3.8) is 0 Å². The lowest BCUT2D eigenvalue weighted by Crippen LogP contribution is -2.45. The highest BCUT2D eigenvalue weighted by Crippen LogP contribution is 2.29. The first-order valence-corrected chi connectivity index (χ1v) is 9.87. The molecule has 138 valence electrons. The lowest BCUT2D eigenvalue weighted by atomic mass is 9.78. The Labute approximate surface area is 153 Å². The van der Waals surface area contributed by atoms with E-state index >= 15 is 0 Å². The molecule has 0 aromatic heterocycles. The summed E-state index contributed by atoms with van der Waals surface area (Å²) in [5.74, 6) is 0.684. The Balaban J connectivity index is 1.90. The number of carbonyl (C=O) groups is 2. The summed E-state index contributed by atoms with van der Waals surface area (Å²) in [5, 5.41) is 3.00. The summed E-state index contributed by atoms with van der Waals surface area (Å²) in [4.78, 5) is 25.4. The molecule has 1 aliphatic rings. The smallest absolute Gasteiger partial charge is 0.342 e. The van der Waals surface area contributed by atoms with Crippen LogP contribution in [0.1, 0.15) is 43.5 Å². The Bertz CT molecular complexity index is 619. The Hall–Kier alpha value is -1.69. The van der Waals surface area contributed by atoms with Crippen LogP contribution < -0.4 is 10.1 Å². The molecule has 1 N–H and O–H groups in total. The fraction of sp³-hybridized carbons (Fsp3) is 0.579. The normalized spacial score (nSPS) is 23.0. The van der Waals surface area contributed by atoms with Gasteiger partial charge in [0.05, 0.1) is 7.11 Å². The summed E-state index contributed by atoms with van der Waals surface area (Å²) in [5.41, 5.74) is 0.327. The van der Waals surface area contributed by atoms with Gasteiger partial charge >= 0.3 is 5.97 Å². The van der Waals surface area contributed by atoms with Crippen LogP contribution in [0, 0.1) is 11.8 Å². The number of nitrogens with one attached hydrogen (secondary N) is 1. The zero-order valence-electron chi connectivity index (χ0n) is 15.3. The van der Waals surface area contributed by atoms with Gasteiger partial charge in [0.2, 0.25) is 0 Å². The van der Waals surface area contributed by atoms with Crippen LogP contribution in [-0.2, 0) is 9.53 Å². The summed E-state index contributed by atoms with van der Waals surface area (Å²) in [6.07, 6.45) is 5.25. The second kappa shape index (κ2) is 9.13. The number of benzene rings is 1. The SMILES string of the molecule is COc1cc(SC)ccc1C(=O)OCC(=O)N[C@@H]1CCC[C@H](C)[C@H]1C. The molecule has 5 nitrogen and oxygen atoms in total. The van der Waals surface area contributed by atoms with E-state index < -0.39 is 5.97 Å². The summed E-state index contributed by atoms with van der Waals surface area (Å²) < 4.78 is 10.4. The quantitative estimate of drug-likeness (QED) is 0.617. The fourth-order valence-electron chi connectivity index (χ4n) is 3.21. The van der Waals surface area contributed by atoms with Crippen LogP contribution in [0.25, 0.3) is 0 Å². The second-order valence-corrected chi connectivity index (χ2v) is 7.46. The fourth-order valence-corrected chi connectivity index (χ4v) is 3.64. The van der Waals surface area contributed by atoms with Crippen molar-refractivity contribution >= 4 is 23.6 Å². The van der Waals surface area contributed by atoms with Gasteiger partial charge in [0.1, 0.15) is 11.3 Å². The molecule has 25 heavy (non-hydrogen) atoms. The maximum Gasteiger partial charge on any atom is 0.342 e. The number of amides is 1. The molecule has 3 atom stereocenters. The van der Waals surface area contributed by atoms with E-state index in [1.54, 1.807) is 23.9 Å². The minimum Gasteiger partial charge on any atom is -0.496 e. The van der Waals surface area contributed by atoms with Gasteiger partial charge in [0, 0.05) is 10.9 Å². The number of thioether (sulfide) groups is 1. The highest BCUT2D eigenvalue weighted by atomic mass is 32.2. The van der Waals surface area contributed by atoms with E-state index in [1.807, 2.05) is 12.3 Å². The number of ether oxygens (including phenoxy) is 2. The number of esters is 1. The van der Waals surface area contributed by atoms with Gasteiger partial charge in [-0.15, -0.1) is 11.8 Å². The summed E-state index contributed by atoms with van der Waals surface area (Å²) in [7, 11) is 1.51. The predicted molar refractivity (Wildman–Crippen MR) is 99.2 cm³/mol. The lowest BCUT2D eigenvalue weighted by Gasteiger charge is -2.34. The number of hydrogen-bond donors (Lipinski definition) is 1. The Kier molecular flexibility index (Phi) is 7.17. The first kappa shape index (κ1) is 19.6. The number of methoxy groups -OCH3 is 1.